The minimum Gasteiger partial charge on any atom is -0.369 e. The van der Waals surface area contributed by atoms with Gasteiger partial charge in [-0.15, -0.1) is 11.3 Å². The van der Waals surface area contributed by atoms with Crippen molar-refractivity contribution in [3.63, 3.8) is 0 Å². The normalized spacial score (nSPS) is 13.0. The first-order valence-electron chi connectivity index (χ1n) is 11.3. The predicted molar refractivity (Wildman–Crippen MR) is 138 cm³/mol. The minimum absolute atomic E-state index is 0.131. The monoisotopic (exact) mass is 582 g/mol. The number of hydrogen-bond donors (Lipinski definition) is 6. The average molecular weight is 583 g/mol. The van der Waals surface area contributed by atoms with Crippen molar-refractivity contribution in [2.24, 2.45) is 0 Å². The number of rotatable bonds is 11. The Morgan fingerprint density at radius 3 is 2.64 bits per heavy atom. The summed E-state index contributed by atoms with van der Waals surface area (Å²) in [4.78, 5) is 36.1. The number of thiazole rings is 1. The van der Waals surface area contributed by atoms with Crippen molar-refractivity contribution >= 4 is 46.4 Å². The molecule has 0 saturated heterocycles. The smallest absolute Gasteiger partial charge is 0.369 e. The van der Waals surface area contributed by atoms with Gasteiger partial charge in [-0.1, -0.05) is 11.6 Å². The second kappa shape index (κ2) is 12.2. The second-order valence-corrected chi connectivity index (χ2v) is 9.47. The Balaban J connectivity index is 1.31. The van der Waals surface area contributed by atoms with Crippen LogP contribution in [0.5, 0.6) is 0 Å². The summed E-state index contributed by atoms with van der Waals surface area (Å²) in [6.45, 7) is 2.76. The van der Waals surface area contributed by atoms with Gasteiger partial charge in [0, 0.05) is 43.9 Å². The Bertz CT molecular complexity index is 1400. The number of nitrogens with zero attached hydrogens (tertiary/aromatic N) is 5. The van der Waals surface area contributed by atoms with Gasteiger partial charge in [-0.25, -0.2) is 24.9 Å². The van der Waals surface area contributed by atoms with E-state index in [-0.39, 0.29) is 11.5 Å². The molecular weight excluding hydrogens is 561 g/mol. The lowest BCUT2D eigenvalue weighted by Crippen LogP contribution is -2.27. The lowest BCUT2D eigenvalue weighted by atomic mass is 10.2. The number of aliphatic hydroxyl groups is 1. The number of carbonyl (C=O) groups is 1. The van der Waals surface area contributed by atoms with E-state index in [4.69, 9.17) is 11.6 Å². The molecule has 0 bridgehead atoms. The highest BCUT2D eigenvalue weighted by Crippen LogP contribution is 2.36. The molecule has 4 heterocycles. The minimum atomic E-state index is -4.68. The van der Waals surface area contributed by atoms with Gasteiger partial charge < -0.3 is 31.4 Å². The van der Waals surface area contributed by atoms with Gasteiger partial charge in [0.1, 0.15) is 28.7 Å². The summed E-state index contributed by atoms with van der Waals surface area (Å²) in [7, 11) is 0. The molecule has 0 saturated carbocycles. The molecule has 0 spiro atoms. The number of alkyl halides is 3. The van der Waals surface area contributed by atoms with Gasteiger partial charge in [-0.2, -0.15) is 13.2 Å². The van der Waals surface area contributed by atoms with Crippen LogP contribution in [0.25, 0.3) is 0 Å². The van der Waals surface area contributed by atoms with E-state index in [9.17, 15) is 23.1 Å². The van der Waals surface area contributed by atoms with Crippen LogP contribution in [0.2, 0.25) is 5.02 Å². The van der Waals surface area contributed by atoms with E-state index in [0.717, 1.165) is 17.5 Å². The molecule has 1 amide bonds. The summed E-state index contributed by atoms with van der Waals surface area (Å²) in [6, 6.07) is 1.65. The van der Waals surface area contributed by atoms with Crippen LogP contribution >= 0.6 is 22.9 Å². The summed E-state index contributed by atoms with van der Waals surface area (Å²) in [5.74, 6) is 0.404. The van der Waals surface area contributed by atoms with E-state index in [1.165, 1.54) is 18.6 Å². The largest absolute Gasteiger partial charge is 0.418 e. The van der Waals surface area contributed by atoms with Crippen molar-refractivity contribution in [2.45, 2.75) is 25.4 Å². The summed E-state index contributed by atoms with van der Waals surface area (Å²) in [5, 5.41) is 21.8. The molecule has 2 atom stereocenters. The molecule has 12 nitrogen and oxygen atoms in total. The van der Waals surface area contributed by atoms with Crippen LogP contribution < -0.4 is 21.3 Å². The fourth-order valence-electron chi connectivity index (χ4n) is 3.22. The predicted octanol–water partition coefficient (Wildman–Crippen LogP) is 3.84. The van der Waals surface area contributed by atoms with Crippen molar-refractivity contribution in [3.8, 4) is 0 Å². The highest BCUT2D eigenvalue weighted by atomic mass is 35.5. The molecule has 0 aliphatic rings. The maximum absolute atomic E-state index is 13.1. The Labute approximate surface area is 228 Å². The maximum atomic E-state index is 13.1. The van der Waals surface area contributed by atoms with E-state index in [1.807, 2.05) is 0 Å². The molecule has 4 aromatic rings. The fourth-order valence-corrected chi connectivity index (χ4v) is 4.29. The van der Waals surface area contributed by atoms with E-state index in [2.05, 4.69) is 51.2 Å². The highest BCUT2D eigenvalue weighted by Gasteiger charge is 2.34. The number of halogens is 4. The molecule has 6 N–H and O–H groups in total. The molecule has 39 heavy (non-hydrogen) atoms. The molecule has 206 valence electrons. The third-order valence-electron chi connectivity index (χ3n) is 5.10. The number of imidazole rings is 1. The first kappa shape index (κ1) is 28.0. The quantitative estimate of drug-likeness (QED) is 0.113. The number of nitrogens with one attached hydrogen (secondary N) is 5. The lowest BCUT2D eigenvalue weighted by molar-refractivity contribution is -0.137. The zero-order chi connectivity index (χ0) is 28.0. The van der Waals surface area contributed by atoms with Crippen LogP contribution in [0.3, 0.4) is 0 Å². The standard InChI is InChI=1S/C22H22ClF3N10O2S/c1-11(35-18(37)14-7-16(34-10-33-14)27-2-3-28-21-29-4-5-30-21)20-32-9-15(39-20)19(38)36-17-6-12(22(24,25)26)13(23)8-31-17/h4-11,19,38H,2-3H2,1H3,(H,31,36)(H,35,37)(H,27,33,34)(H2,28,29,30). The van der Waals surface area contributed by atoms with Crippen molar-refractivity contribution in [2.75, 3.05) is 29.0 Å². The third kappa shape index (κ3) is 7.52. The van der Waals surface area contributed by atoms with E-state index >= 15 is 0 Å². The maximum Gasteiger partial charge on any atom is 0.418 e. The van der Waals surface area contributed by atoms with E-state index in [0.29, 0.717) is 40.8 Å². The number of aromatic nitrogens is 6. The molecular formula is C22H22ClF3N10O2S. The SMILES string of the molecule is CC(NC(=O)c1cc(NCCNc2ncc[nH]2)ncn1)c1ncc(C(O)Nc2cc(C(F)(F)F)c(Cl)cn2)s1. The van der Waals surface area contributed by atoms with Gasteiger partial charge in [-0.05, 0) is 13.0 Å². The number of amides is 1. The van der Waals surface area contributed by atoms with Crippen LogP contribution in [-0.4, -0.2) is 54.0 Å². The molecule has 0 aromatic carbocycles. The summed E-state index contributed by atoms with van der Waals surface area (Å²) < 4.78 is 39.3. The third-order valence-corrected chi connectivity index (χ3v) is 6.63. The molecule has 17 heteroatoms. The number of carbonyl (C=O) groups excluding carboxylic acids is 1. The van der Waals surface area contributed by atoms with Crippen molar-refractivity contribution in [1.29, 1.82) is 0 Å². The van der Waals surface area contributed by atoms with Crippen molar-refractivity contribution in [1.82, 2.24) is 35.2 Å². The van der Waals surface area contributed by atoms with Crippen LogP contribution in [0.15, 0.2) is 43.2 Å². The number of anilines is 3. The molecule has 0 aliphatic carbocycles. The van der Waals surface area contributed by atoms with Gasteiger partial charge in [0.15, 0.2) is 12.2 Å². The first-order valence-corrected chi connectivity index (χ1v) is 12.5. The zero-order valence-electron chi connectivity index (χ0n) is 20.1. The first-order chi connectivity index (χ1) is 18.6. The molecule has 0 radical (unpaired) electrons. The van der Waals surface area contributed by atoms with Gasteiger partial charge >= 0.3 is 6.18 Å². The van der Waals surface area contributed by atoms with Gasteiger partial charge in [0.2, 0.25) is 0 Å². The summed E-state index contributed by atoms with van der Waals surface area (Å²) in [5.41, 5.74) is -0.949. The molecule has 4 rings (SSSR count). The Kier molecular flexibility index (Phi) is 8.78. The summed E-state index contributed by atoms with van der Waals surface area (Å²) in [6.07, 6.45) is 0.724. The highest BCUT2D eigenvalue weighted by molar-refractivity contribution is 7.11. The van der Waals surface area contributed by atoms with Crippen LogP contribution in [0.4, 0.5) is 30.8 Å². The van der Waals surface area contributed by atoms with Gasteiger partial charge in [0.05, 0.1) is 21.5 Å². The Morgan fingerprint density at radius 2 is 1.90 bits per heavy atom. The van der Waals surface area contributed by atoms with Crippen molar-refractivity contribution < 1.29 is 23.1 Å². The number of aliphatic hydroxyl groups excluding tert-OH is 1. The van der Waals surface area contributed by atoms with E-state index in [1.54, 1.807) is 19.3 Å². The summed E-state index contributed by atoms with van der Waals surface area (Å²) >= 11 is 6.64. The van der Waals surface area contributed by atoms with Gasteiger partial charge in [0.25, 0.3) is 5.91 Å². The lowest BCUT2D eigenvalue weighted by Gasteiger charge is -2.14. The second-order valence-electron chi connectivity index (χ2n) is 7.97. The Morgan fingerprint density at radius 1 is 1.10 bits per heavy atom. The number of aromatic amines is 1. The van der Waals surface area contributed by atoms with Crippen molar-refractivity contribution in [3.05, 3.63) is 69.4 Å². The number of pyridine rings is 1. The number of H-pyrrole nitrogens is 1. The molecule has 2 unspecified atom stereocenters. The molecule has 0 fully saturated rings. The molecule has 4 aromatic heterocycles. The Hall–Kier alpha value is -4.02. The van der Waals surface area contributed by atoms with E-state index < -0.39 is 34.9 Å². The zero-order valence-corrected chi connectivity index (χ0v) is 21.7. The van der Waals surface area contributed by atoms with Crippen LogP contribution in [0, 0.1) is 0 Å². The number of hydrogen-bond acceptors (Lipinski definition) is 11. The van der Waals surface area contributed by atoms with Crippen LogP contribution in [-0.2, 0) is 6.18 Å². The van der Waals surface area contributed by atoms with Gasteiger partial charge in [-0.3, -0.25) is 4.79 Å². The average Bonchev–Trinajstić information content (AvgIpc) is 3.60. The molecule has 0 aliphatic heterocycles. The fraction of sp³-hybridized carbons (Fsp3) is 0.273. The van der Waals surface area contributed by atoms with Crippen LogP contribution in [0.1, 0.15) is 45.1 Å². The topological polar surface area (TPSA) is 166 Å².